The van der Waals surface area contributed by atoms with E-state index >= 15 is 0 Å². The van der Waals surface area contributed by atoms with Gasteiger partial charge in [0.1, 0.15) is 0 Å². The summed E-state index contributed by atoms with van der Waals surface area (Å²) in [6.07, 6.45) is -1.33. The molecule has 14 heteroatoms. The normalized spacial score (nSPS) is 19.8. The van der Waals surface area contributed by atoms with Crippen LogP contribution in [0.15, 0.2) is 34.5 Å². The first-order valence-corrected chi connectivity index (χ1v) is 11.0. The van der Waals surface area contributed by atoms with E-state index in [1.165, 1.54) is 6.20 Å². The summed E-state index contributed by atoms with van der Waals surface area (Å²) in [6, 6.07) is -0.115. The smallest absolute Gasteiger partial charge is 0.379 e. The van der Waals surface area contributed by atoms with E-state index in [4.69, 9.17) is 16.3 Å². The van der Waals surface area contributed by atoms with Crippen LogP contribution < -0.4 is 4.90 Å². The fourth-order valence-electron chi connectivity index (χ4n) is 3.38. The molecule has 0 N–H and O–H groups in total. The lowest BCUT2D eigenvalue weighted by Gasteiger charge is -2.35. The second kappa shape index (κ2) is 11.1. The Balaban J connectivity index is 1.37. The Kier molecular flexibility index (Phi) is 8.42. The number of likely N-dealkylation sites (N-methyl/N-ethyl adjacent to an activating group) is 1. The number of hydrogen-bond acceptors (Lipinski definition) is 8. The van der Waals surface area contributed by atoms with Crippen LogP contribution in [-0.2, 0) is 20.5 Å². The second-order valence-corrected chi connectivity index (χ2v) is 8.33. The number of carbonyl (C=O) groups excluding carboxylic acids is 2. The summed E-state index contributed by atoms with van der Waals surface area (Å²) in [5.74, 6) is -0.387. The summed E-state index contributed by atoms with van der Waals surface area (Å²) in [4.78, 5) is 36.9. The number of rotatable bonds is 8. The Morgan fingerprint density at radius 1 is 1.26 bits per heavy atom. The number of amides is 2. The number of nitrogens with zero attached hydrogens (tertiary/aromatic N) is 7. The Labute approximate surface area is 199 Å². The molecule has 1 unspecified atom stereocenters. The quantitative estimate of drug-likeness (QED) is 0.396. The molecule has 0 bridgehead atoms. The summed E-state index contributed by atoms with van der Waals surface area (Å²) in [5, 5.41) is 6.16. The van der Waals surface area contributed by atoms with Gasteiger partial charge >= 0.3 is 6.18 Å². The largest absolute Gasteiger partial charge is 0.419 e. The number of piperazine rings is 1. The predicted molar refractivity (Wildman–Crippen MR) is 116 cm³/mol. The summed E-state index contributed by atoms with van der Waals surface area (Å²) < 4.78 is 43.6. The molecule has 2 atom stereocenters. The summed E-state index contributed by atoms with van der Waals surface area (Å²) in [7, 11) is 1.77. The molecule has 1 saturated heterocycles. The van der Waals surface area contributed by atoms with Gasteiger partial charge in [0.25, 0.3) is 5.91 Å². The van der Waals surface area contributed by atoms with E-state index in [0.29, 0.717) is 38.5 Å². The zero-order valence-electron chi connectivity index (χ0n) is 18.7. The van der Waals surface area contributed by atoms with Gasteiger partial charge in [-0.3, -0.25) is 9.59 Å². The van der Waals surface area contributed by atoms with Gasteiger partial charge in [-0.25, -0.2) is 9.97 Å². The maximum Gasteiger partial charge on any atom is 0.419 e. The standard InChI is InChI=1S/C20H25ClF3N7O3/c1-13(29(2)15-11-27-28-18(33)17(15)21)12-34-8-3-16(32)30-4-6-31(7-5-30)19-25-9-14(10-26-19)20(22,23)24/h9-11,13,17H,3-8,12H2,1-2H3/t13-,17?/m0/s1. The molecular formula is C20H25ClF3N7O3. The minimum atomic E-state index is -4.48. The SMILES string of the molecule is C[C@@H](COCCC(=O)N1CCN(c2ncc(C(F)(F)F)cn2)CC1)N(C)C1=CN=NC(=O)C1Cl. The number of azo groups is 1. The molecule has 2 amide bonds. The van der Waals surface area contributed by atoms with Crippen LogP contribution in [0.25, 0.3) is 0 Å². The van der Waals surface area contributed by atoms with Crippen LogP contribution in [0.4, 0.5) is 19.1 Å². The maximum absolute atomic E-state index is 12.7. The number of ether oxygens (including phenoxy) is 1. The van der Waals surface area contributed by atoms with Crippen molar-refractivity contribution in [3.8, 4) is 0 Å². The van der Waals surface area contributed by atoms with Gasteiger partial charge in [-0.15, -0.1) is 16.7 Å². The fourth-order valence-corrected chi connectivity index (χ4v) is 3.64. The number of aromatic nitrogens is 2. The van der Waals surface area contributed by atoms with Crippen molar-refractivity contribution in [3.05, 3.63) is 29.9 Å². The first kappa shape index (κ1) is 25.8. The van der Waals surface area contributed by atoms with E-state index in [2.05, 4.69) is 20.2 Å². The minimum Gasteiger partial charge on any atom is -0.379 e. The summed E-state index contributed by atoms with van der Waals surface area (Å²) in [6.45, 7) is 4.10. The zero-order valence-corrected chi connectivity index (χ0v) is 19.5. The van der Waals surface area contributed by atoms with Crippen LogP contribution in [0.2, 0.25) is 0 Å². The Morgan fingerprint density at radius 2 is 1.91 bits per heavy atom. The van der Waals surface area contributed by atoms with Crippen LogP contribution in [0, 0.1) is 0 Å². The highest BCUT2D eigenvalue weighted by atomic mass is 35.5. The molecule has 0 aromatic carbocycles. The molecule has 1 fully saturated rings. The molecule has 0 radical (unpaired) electrons. The van der Waals surface area contributed by atoms with E-state index in [0.717, 1.165) is 12.4 Å². The lowest BCUT2D eigenvalue weighted by Crippen LogP contribution is -2.49. The van der Waals surface area contributed by atoms with E-state index in [-0.39, 0.29) is 30.9 Å². The minimum absolute atomic E-state index is 0.0733. The van der Waals surface area contributed by atoms with E-state index in [1.54, 1.807) is 21.7 Å². The number of halogens is 4. The molecule has 0 saturated carbocycles. The molecule has 3 rings (SSSR count). The van der Waals surface area contributed by atoms with Crippen molar-refractivity contribution in [2.75, 3.05) is 51.3 Å². The van der Waals surface area contributed by atoms with Crippen molar-refractivity contribution in [1.82, 2.24) is 19.8 Å². The van der Waals surface area contributed by atoms with Gasteiger partial charge in [0.15, 0.2) is 5.38 Å². The van der Waals surface area contributed by atoms with Gasteiger partial charge in [0.2, 0.25) is 11.9 Å². The molecule has 186 valence electrons. The number of hydrogen-bond donors (Lipinski definition) is 0. The lowest BCUT2D eigenvalue weighted by molar-refractivity contribution is -0.138. The molecule has 10 nitrogen and oxygen atoms in total. The third kappa shape index (κ3) is 6.41. The first-order chi connectivity index (χ1) is 16.1. The van der Waals surface area contributed by atoms with Gasteiger partial charge in [0, 0.05) is 51.7 Å². The third-order valence-corrected chi connectivity index (χ3v) is 6.00. The average molecular weight is 504 g/mol. The van der Waals surface area contributed by atoms with Gasteiger partial charge in [-0.2, -0.15) is 18.3 Å². The fraction of sp³-hybridized carbons (Fsp3) is 0.600. The third-order valence-electron chi connectivity index (χ3n) is 5.59. The molecule has 0 spiro atoms. The van der Waals surface area contributed by atoms with Gasteiger partial charge < -0.3 is 19.4 Å². The van der Waals surface area contributed by atoms with Gasteiger partial charge in [0.05, 0.1) is 37.1 Å². The van der Waals surface area contributed by atoms with Crippen LogP contribution in [0.3, 0.4) is 0 Å². The average Bonchev–Trinajstić information content (AvgIpc) is 2.82. The van der Waals surface area contributed by atoms with Crippen molar-refractivity contribution < 1.29 is 27.5 Å². The molecule has 1 aromatic heterocycles. The van der Waals surface area contributed by atoms with Crippen molar-refractivity contribution in [1.29, 1.82) is 0 Å². The molecule has 3 heterocycles. The Morgan fingerprint density at radius 3 is 2.53 bits per heavy atom. The molecule has 34 heavy (non-hydrogen) atoms. The maximum atomic E-state index is 12.7. The highest BCUT2D eigenvalue weighted by molar-refractivity contribution is 6.33. The first-order valence-electron chi connectivity index (χ1n) is 10.6. The molecule has 0 aliphatic carbocycles. The van der Waals surface area contributed by atoms with E-state index < -0.39 is 23.0 Å². The predicted octanol–water partition coefficient (Wildman–Crippen LogP) is 2.31. The van der Waals surface area contributed by atoms with E-state index in [9.17, 15) is 22.8 Å². The van der Waals surface area contributed by atoms with Crippen molar-refractivity contribution in [2.24, 2.45) is 10.2 Å². The molecular weight excluding hydrogens is 479 g/mol. The highest BCUT2D eigenvalue weighted by Gasteiger charge is 2.32. The topological polar surface area (TPSA) is 104 Å². The van der Waals surface area contributed by atoms with Crippen molar-refractivity contribution >= 4 is 29.4 Å². The monoisotopic (exact) mass is 503 g/mol. The number of carbonyl (C=O) groups is 2. The lowest BCUT2D eigenvalue weighted by atomic mass is 10.2. The Hall–Kier alpha value is -2.80. The van der Waals surface area contributed by atoms with Crippen molar-refractivity contribution in [2.45, 2.75) is 30.9 Å². The van der Waals surface area contributed by atoms with Crippen LogP contribution in [0.5, 0.6) is 0 Å². The molecule has 1 aromatic rings. The summed E-state index contributed by atoms with van der Waals surface area (Å²) in [5.41, 5.74) is -0.369. The van der Waals surface area contributed by atoms with E-state index in [1.807, 2.05) is 6.92 Å². The zero-order chi connectivity index (χ0) is 24.9. The molecule has 2 aliphatic heterocycles. The molecule has 2 aliphatic rings. The number of anilines is 1. The second-order valence-electron chi connectivity index (χ2n) is 7.89. The van der Waals surface area contributed by atoms with Crippen LogP contribution >= 0.6 is 11.6 Å². The van der Waals surface area contributed by atoms with Gasteiger partial charge in [-0.05, 0) is 6.92 Å². The number of alkyl halides is 4. The highest BCUT2D eigenvalue weighted by Crippen LogP contribution is 2.28. The van der Waals surface area contributed by atoms with Crippen LogP contribution in [0.1, 0.15) is 18.9 Å². The Bertz CT molecular complexity index is 934. The van der Waals surface area contributed by atoms with Crippen molar-refractivity contribution in [3.63, 3.8) is 0 Å². The van der Waals surface area contributed by atoms with Crippen LogP contribution in [-0.4, -0.2) is 89.4 Å². The van der Waals surface area contributed by atoms with Gasteiger partial charge in [-0.1, -0.05) is 0 Å². The summed E-state index contributed by atoms with van der Waals surface area (Å²) >= 11 is 6.07.